The van der Waals surface area contributed by atoms with Crippen molar-refractivity contribution in [3.8, 4) is 0 Å². The van der Waals surface area contributed by atoms with Gasteiger partial charge in [-0.2, -0.15) is 0 Å². The lowest BCUT2D eigenvalue weighted by Crippen LogP contribution is -2.67. The second kappa shape index (κ2) is 6.39. The number of carbonyl (C=O) groups is 2. The summed E-state index contributed by atoms with van der Waals surface area (Å²) in [5.41, 5.74) is 18.4. The fraction of sp³-hybridized carbons (Fsp3) is 0.429. The second-order valence-corrected chi connectivity index (χ2v) is 8.13. The third-order valence-electron chi connectivity index (χ3n) is 4.28. The molecule has 0 spiro atoms. The molecule has 1 amide bonds. The van der Waals surface area contributed by atoms with Gasteiger partial charge in [0.25, 0.3) is 0 Å². The molecule has 2 aliphatic rings. The maximum absolute atomic E-state index is 11.7. The summed E-state index contributed by atoms with van der Waals surface area (Å²) in [5.74, 6) is -0.347. The van der Waals surface area contributed by atoms with Gasteiger partial charge in [0.2, 0.25) is 17.5 Å². The number of fused-ring (bicyclic) bond motifs is 1. The molecule has 2 aliphatic heterocycles. The standard InChI is InChI=1S/C14H18N6O3S2/c1-5-9(16)18-14(19(2)10(5)17)24-4-7-6(13(22)23)3-20-11(21)8(15)12(20)25-7/h3,7-8,12H,4,15H2,1-2H3,(H4,16,17,22,23)/t7?,8?,12-/m1/s1. The summed E-state index contributed by atoms with van der Waals surface area (Å²) in [5, 5.41) is 11.4. The number of nitrogens with two attached hydrogens (primary N) is 3. The molecule has 1 saturated heterocycles. The molecule has 0 aliphatic carbocycles. The zero-order valence-electron chi connectivity index (χ0n) is 13.6. The summed E-state index contributed by atoms with van der Waals surface area (Å²) in [4.78, 5) is 28.8. The van der Waals surface area contributed by atoms with Gasteiger partial charge in [-0.15, -0.1) is 11.8 Å². The maximum atomic E-state index is 11.7. The van der Waals surface area contributed by atoms with E-state index in [1.807, 2.05) is 0 Å². The van der Waals surface area contributed by atoms with E-state index in [0.29, 0.717) is 28.1 Å². The number of nitrogens with zero attached hydrogens (tertiary/aromatic N) is 3. The molecule has 2 unspecified atom stereocenters. The van der Waals surface area contributed by atoms with Crippen molar-refractivity contribution in [3.05, 3.63) is 17.3 Å². The first-order valence-electron chi connectivity index (χ1n) is 7.43. The first-order valence-corrected chi connectivity index (χ1v) is 9.35. The van der Waals surface area contributed by atoms with Gasteiger partial charge in [0.1, 0.15) is 11.4 Å². The Morgan fingerprint density at radius 3 is 2.84 bits per heavy atom. The smallest absolute Gasteiger partial charge is 0.300 e. The first-order chi connectivity index (χ1) is 11.7. The van der Waals surface area contributed by atoms with Crippen LogP contribution in [0.3, 0.4) is 0 Å². The lowest BCUT2D eigenvalue weighted by atomic mass is 10.1. The molecule has 134 valence electrons. The van der Waals surface area contributed by atoms with E-state index in [2.05, 4.69) is 4.98 Å². The Morgan fingerprint density at radius 2 is 2.20 bits per heavy atom. The number of hydrogen-bond donors (Lipinski definition) is 3. The van der Waals surface area contributed by atoms with Gasteiger partial charge in [-0.1, -0.05) is 16.7 Å². The molecule has 0 bridgehead atoms. The van der Waals surface area contributed by atoms with Crippen molar-refractivity contribution in [2.75, 3.05) is 17.2 Å². The molecular weight excluding hydrogens is 364 g/mol. The predicted molar refractivity (Wildman–Crippen MR) is 92.8 cm³/mol. The van der Waals surface area contributed by atoms with Gasteiger partial charge >= 0.3 is 5.16 Å². The largest absolute Gasteiger partial charge is 0.545 e. The van der Waals surface area contributed by atoms with Crippen molar-refractivity contribution in [2.45, 2.75) is 28.7 Å². The normalized spacial score (nSPS) is 25.2. The molecule has 1 fully saturated rings. The van der Waals surface area contributed by atoms with Crippen LogP contribution in [0.2, 0.25) is 0 Å². The van der Waals surface area contributed by atoms with Crippen LogP contribution < -0.4 is 26.9 Å². The monoisotopic (exact) mass is 382 g/mol. The minimum absolute atomic E-state index is 0.0599. The highest BCUT2D eigenvalue weighted by Crippen LogP contribution is 2.41. The van der Waals surface area contributed by atoms with E-state index in [4.69, 9.17) is 17.2 Å². The summed E-state index contributed by atoms with van der Waals surface area (Å²) < 4.78 is 1.71. The summed E-state index contributed by atoms with van der Waals surface area (Å²) in [6.07, 6.45) is 1.33. The third-order valence-corrected chi connectivity index (χ3v) is 7.16. The van der Waals surface area contributed by atoms with E-state index >= 15 is 0 Å². The first kappa shape index (κ1) is 17.8. The zero-order chi connectivity index (χ0) is 18.5. The van der Waals surface area contributed by atoms with Crippen molar-refractivity contribution < 1.29 is 19.3 Å². The average molecular weight is 382 g/mol. The molecular formula is C14H18N6O3S2. The van der Waals surface area contributed by atoms with Crippen molar-refractivity contribution >= 4 is 47.0 Å². The van der Waals surface area contributed by atoms with Crippen molar-refractivity contribution in [1.29, 1.82) is 0 Å². The molecule has 3 heterocycles. The second-order valence-electron chi connectivity index (χ2n) is 5.82. The Balaban J connectivity index is 1.81. The topological polar surface area (TPSA) is 155 Å². The van der Waals surface area contributed by atoms with E-state index in [1.165, 1.54) is 34.6 Å². The number of amides is 1. The van der Waals surface area contributed by atoms with Crippen LogP contribution >= 0.6 is 23.5 Å². The van der Waals surface area contributed by atoms with Crippen LogP contribution in [0.25, 0.3) is 0 Å². The van der Waals surface area contributed by atoms with Gasteiger partial charge in [-0.05, 0) is 6.92 Å². The number of carbonyl (C=O) groups excluding carboxylic acids is 2. The van der Waals surface area contributed by atoms with Gasteiger partial charge in [0.05, 0.1) is 18.6 Å². The Bertz CT molecular complexity index is 799. The summed E-state index contributed by atoms with van der Waals surface area (Å²) in [7, 11) is 1.77. The van der Waals surface area contributed by atoms with Crippen LogP contribution in [-0.4, -0.2) is 44.2 Å². The average Bonchev–Trinajstić information content (AvgIpc) is 2.60. The van der Waals surface area contributed by atoms with Crippen LogP contribution in [0.15, 0.2) is 16.9 Å². The van der Waals surface area contributed by atoms with E-state index in [1.54, 1.807) is 18.5 Å². The molecule has 1 aromatic rings. The Morgan fingerprint density at radius 1 is 1.52 bits per heavy atom. The lowest BCUT2D eigenvalue weighted by Gasteiger charge is -2.48. The van der Waals surface area contributed by atoms with Gasteiger partial charge in [0.15, 0.2) is 0 Å². The molecule has 0 radical (unpaired) electrons. The minimum Gasteiger partial charge on any atom is -0.545 e. The van der Waals surface area contributed by atoms with Crippen LogP contribution in [0, 0.1) is 6.92 Å². The predicted octanol–water partition coefficient (Wildman–Crippen LogP) is -2.28. The molecule has 11 heteroatoms. The van der Waals surface area contributed by atoms with E-state index in [0.717, 1.165) is 0 Å². The Kier molecular flexibility index (Phi) is 4.56. The minimum atomic E-state index is -1.30. The number of aromatic nitrogens is 2. The Hall–Kier alpha value is -1.98. The fourth-order valence-corrected chi connectivity index (χ4v) is 5.29. The lowest BCUT2D eigenvalue weighted by molar-refractivity contribution is -0.699. The number of carboxylic acid groups (broad SMARTS) is 1. The number of nitrogen functional groups attached to an aromatic ring is 2. The molecule has 3 rings (SSSR count). The number of anilines is 2. The van der Waals surface area contributed by atoms with Crippen LogP contribution in [0.4, 0.5) is 11.6 Å². The molecule has 9 nitrogen and oxygen atoms in total. The SMILES string of the molecule is Cc1c(N)nc(SCC2S[C@@H]3C(N)C(=O)N3C=C2C(=O)[O-])[n+](C)c1N. The highest BCUT2D eigenvalue weighted by atomic mass is 32.2. The zero-order valence-corrected chi connectivity index (χ0v) is 15.3. The molecule has 6 N–H and O–H groups in total. The fourth-order valence-electron chi connectivity index (χ4n) is 2.61. The van der Waals surface area contributed by atoms with Crippen molar-refractivity contribution in [3.63, 3.8) is 0 Å². The highest BCUT2D eigenvalue weighted by Gasteiger charge is 2.48. The van der Waals surface area contributed by atoms with Crippen molar-refractivity contribution in [1.82, 2.24) is 9.88 Å². The molecule has 3 atom stereocenters. The van der Waals surface area contributed by atoms with E-state index in [9.17, 15) is 14.7 Å². The number of aliphatic carboxylic acids is 1. The molecule has 0 saturated carbocycles. The van der Waals surface area contributed by atoms with Gasteiger partial charge in [0, 0.05) is 22.8 Å². The molecule has 25 heavy (non-hydrogen) atoms. The summed E-state index contributed by atoms with van der Waals surface area (Å²) >= 11 is 2.67. The van der Waals surface area contributed by atoms with E-state index < -0.39 is 12.0 Å². The van der Waals surface area contributed by atoms with Crippen LogP contribution in [-0.2, 0) is 16.6 Å². The number of rotatable bonds is 4. The summed E-state index contributed by atoms with van der Waals surface area (Å²) in [6.45, 7) is 1.78. The van der Waals surface area contributed by atoms with Crippen molar-refractivity contribution in [2.24, 2.45) is 12.8 Å². The summed E-state index contributed by atoms with van der Waals surface area (Å²) in [6, 6.07) is -0.614. The Labute approximate surface area is 152 Å². The third kappa shape index (κ3) is 2.92. The number of thioether (sulfide) groups is 2. The van der Waals surface area contributed by atoms with Gasteiger partial charge in [-0.25, -0.2) is 4.57 Å². The van der Waals surface area contributed by atoms with Gasteiger partial charge < -0.3 is 32.0 Å². The maximum Gasteiger partial charge on any atom is 0.300 e. The number of β-lactam (4-membered cyclic amide) rings is 1. The molecule has 1 aromatic heterocycles. The quantitative estimate of drug-likeness (QED) is 0.226. The number of hydrogen-bond acceptors (Lipinski definition) is 9. The van der Waals surface area contributed by atoms with Crippen LogP contribution in [0.5, 0.6) is 0 Å². The van der Waals surface area contributed by atoms with Gasteiger partial charge in [-0.3, -0.25) is 4.79 Å². The van der Waals surface area contributed by atoms with E-state index in [-0.39, 0.29) is 22.1 Å². The van der Waals surface area contributed by atoms with Crippen LogP contribution in [0.1, 0.15) is 5.56 Å². The number of carboxylic acids is 1. The molecule has 0 aromatic carbocycles. The highest BCUT2D eigenvalue weighted by molar-refractivity contribution is 8.03.